The number of hydrogen-bond acceptors (Lipinski definition) is 4. The fraction of sp³-hybridized carbons (Fsp3) is 0.385. The SMILES string of the molecule is N#Cc1ccc(S(=O)(=O)NC2(C#N)CCCC2)c(Cl)c1. The highest BCUT2D eigenvalue weighted by Gasteiger charge is 2.38. The molecule has 20 heavy (non-hydrogen) atoms. The van der Waals surface area contributed by atoms with Crippen molar-refractivity contribution in [1.29, 1.82) is 10.5 Å². The Morgan fingerprint density at radius 1 is 1.25 bits per heavy atom. The van der Waals surface area contributed by atoms with Crippen LogP contribution in [0.3, 0.4) is 0 Å². The Balaban J connectivity index is 2.37. The Labute approximate surface area is 122 Å². The van der Waals surface area contributed by atoms with Crippen LogP contribution in [0.25, 0.3) is 0 Å². The van der Waals surface area contributed by atoms with Gasteiger partial charge < -0.3 is 0 Å². The van der Waals surface area contributed by atoms with Gasteiger partial charge in [0.05, 0.1) is 22.7 Å². The van der Waals surface area contributed by atoms with Crippen LogP contribution in [0.1, 0.15) is 31.2 Å². The van der Waals surface area contributed by atoms with Crippen molar-refractivity contribution >= 4 is 21.6 Å². The van der Waals surface area contributed by atoms with Gasteiger partial charge in [0.2, 0.25) is 10.0 Å². The molecule has 0 bridgehead atoms. The summed E-state index contributed by atoms with van der Waals surface area (Å²) < 4.78 is 27.1. The number of sulfonamides is 1. The molecule has 0 radical (unpaired) electrons. The quantitative estimate of drug-likeness (QED) is 0.927. The van der Waals surface area contributed by atoms with Crippen LogP contribution in [0.2, 0.25) is 5.02 Å². The first-order valence-corrected chi connectivity index (χ1v) is 7.93. The summed E-state index contributed by atoms with van der Waals surface area (Å²) in [7, 11) is -3.88. The second-order valence-electron chi connectivity index (χ2n) is 4.76. The maximum atomic E-state index is 12.3. The Hall–Kier alpha value is -1.60. The van der Waals surface area contributed by atoms with Gasteiger partial charge in [0.15, 0.2) is 0 Å². The Morgan fingerprint density at radius 3 is 2.40 bits per heavy atom. The first kappa shape index (κ1) is 14.8. The van der Waals surface area contributed by atoms with Crippen LogP contribution < -0.4 is 4.72 Å². The maximum absolute atomic E-state index is 12.3. The number of benzene rings is 1. The minimum Gasteiger partial charge on any atom is -0.207 e. The van der Waals surface area contributed by atoms with Gasteiger partial charge in [-0.25, -0.2) is 8.42 Å². The average Bonchev–Trinajstić information content (AvgIpc) is 2.86. The molecule has 0 aliphatic heterocycles. The van der Waals surface area contributed by atoms with Crippen molar-refractivity contribution in [2.24, 2.45) is 0 Å². The van der Waals surface area contributed by atoms with Crippen LogP contribution in [0.15, 0.2) is 23.1 Å². The molecule has 1 saturated carbocycles. The average molecular weight is 310 g/mol. The minimum absolute atomic E-state index is 0.0253. The molecule has 1 N–H and O–H groups in total. The molecular formula is C13H12ClN3O2S. The van der Waals surface area contributed by atoms with Crippen LogP contribution >= 0.6 is 11.6 Å². The van der Waals surface area contributed by atoms with E-state index in [0.29, 0.717) is 12.8 Å². The van der Waals surface area contributed by atoms with Crippen LogP contribution in [-0.2, 0) is 10.0 Å². The van der Waals surface area contributed by atoms with Gasteiger partial charge >= 0.3 is 0 Å². The van der Waals surface area contributed by atoms with E-state index in [4.69, 9.17) is 16.9 Å². The molecule has 1 aromatic rings. The topological polar surface area (TPSA) is 93.8 Å². The lowest BCUT2D eigenvalue weighted by Crippen LogP contribution is -2.45. The smallest absolute Gasteiger partial charge is 0.207 e. The van der Waals surface area contributed by atoms with Crippen LogP contribution in [-0.4, -0.2) is 14.0 Å². The van der Waals surface area contributed by atoms with Gasteiger partial charge in [-0.1, -0.05) is 24.4 Å². The van der Waals surface area contributed by atoms with E-state index in [-0.39, 0.29) is 15.5 Å². The summed E-state index contributed by atoms with van der Waals surface area (Å²) in [6.45, 7) is 0. The van der Waals surface area contributed by atoms with E-state index in [0.717, 1.165) is 12.8 Å². The monoisotopic (exact) mass is 309 g/mol. The summed E-state index contributed by atoms with van der Waals surface area (Å²) in [5.74, 6) is 0. The van der Waals surface area contributed by atoms with Gasteiger partial charge in [0.25, 0.3) is 0 Å². The van der Waals surface area contributed by atoms with Crippen molar-refractivity contribution < 1.29 is 8.42 Å². The van der Waals surface area contributed by atoms with Gasteiger partial charge in [-0.05, 0) is 31.0 Å². The van der Waals surface area contributed by atoms with Gasteiger partial charge in [-0.15, -0.1) is 0 Å². The molecule has 7 heteroatoms. The van der Waals surface area contributed by atoms with Crippen LogP contribution in [0, 0.1) is 22.7 Å². The van der Waals surface area contributed by atoms with Gasteiger partial charge in [-0.3, -0.25) is 0 Å². The highest BCUT2D eigenvalue weighted by Crippen LogP contribution is 2.32. The third-order valence-corrected chi connectivity index (χ3v) is 5.37. The lowest BCUT2D eigenvalue weighted by molar-refractivity contribution is 0.485. The first-order chi connectivity index (χ1) is 9.42. The second kappa shape index (κ2) is 5.41. The zero-order chi connectivity index (χ0) is 14.8. The van der Waals surface area contributed by atoms with E-state index >= 15 is 0 Å². The van der Waals surface area contributed by atoms with Crippen molar-refractivity contribution in [2.75, 3.05) is 0 Å². The standard InChI is InChI=1S/C13H12ClN3O2S/c14-11-7-10(8-15)3-4-12(11)20(18,19)17-13(9-16)5-1-2-6-13/h3-4,7,17H,1-2,5-6H2. The molecule has 2 rings (SSSR count). The predicted octanol–water partition coefficient (Wildman–Crippen LogP) is 2.33. The van der Waals surface area contributed by atoms with E-state index in [2.05, 4.69) is 10.8 Å². The van der Waals surface area contributed by atoms with Crippen molar-refractivity contribution in [3.05, 3.63) is 28.8 Å². The lowest BCUT2D eigenvalue weighted by atomic mass is 10.0. The van der Waals surface area contributed by atoms with E-state index in [1.165, 1.54) is 18.2 Å². The number of halogens is 1. The molecule has 0 aromatic heterocycles. The van der Waals surface area contributed by atoms with E-state index in [9.17, 15) is 13.7 Å². The van der Waals surface area contributed by atoms with E-state index < -0.39 is 15.6 Å². The molecule has 1 fully saturated rings. The Bertz CT molecular complexity index is 710. The number of rotatable bonds is 3. The van der Waals surface area contributed by atoms with Gasteiger partial charge in [0, 0.05) is 0 Å². The fourth-order valence-electron chi connectivity index (χ4n) is 2.32. The van der Waals surface area contributed by atoms with Crippen molar-refractivity contribution in [2.45, 2.75) is 36.1 Å². The maximum Gasteiger partial charge on any atom is 0.243 e. The van der Waals surface area contributed by atoms with Gasteiger partial charge in [-0.2, -0.15) is 15.2 Å². The molecule has 1 aliphatic carbocycles. The zero-order valence-corrected chi connectivity index (χ0v) is 12.1. The van der Waals surface area contributed by atoms with E-state index in [1.807, 2.05) is 6.07 Å². The summed E-state index contributed by atoms with van der Waals surface area (Å²) >= 11 is 5.91. The molecule has 0 spiro atoms. The normalized spacial score (nSPS) is 17.4. The molecule has 0 atom stereocenters. The fourth-order valence-corrected chi connectivity index (χ4v) is 4.24. The Morgan fingerprint density at radius 2 is 1.90 bits per heavy atom. The summed E-state index contributed by atoms with van der Waals surface area (Å²) in [5.41, 5.74) is -0.763. The number of hydrogen-bond donors (Lipinski definition) is 1. The van der Waals surface area contributed by atoms with Crippen LogP contribution in [0.5, 0.6) is 0 Å². The Kier molecular flexibility index (Phi) is 4.01. The predicted molar refractivity (Wildman–Crippen MR) is 73.3 cm³/mol. The van der Waals surface area contributed by atoms with Crippen molar-refractivity contribution in [1.82, 2.24) is 4.72 Å². The van der Waals surface area contributed by atoms with Crippen molar-refractivity contribution in [3.8, 4) is 12.1 Å². The molecule has 0 unspecified atom stereocenters. The molecule has 0 saturated heterocycles. The van der Waals surface area contributed by atoms with Crippen molar-refractivity contribution in [3.63, 3.8) is 0 Å². The summed E-state index contributed by atoms with van der Waals surface area (Å²) in [5, 5.41) is 17.9. The molecule has 1 aliphatic rings. The molecule has 0 amide bonds. The molecule has 104 valence electrons. The minimum atomic E-state index is -3.88. The third-order valence-electron chi connectivity index (χ3n) is 3.35. The lowest BCUT2D eigenvalue weighted by Gasteiger charge is -2.22. The summed E-state index contributed by atoms with van der Waals surface area (Å²) in [4.78, 5) is -0.111. The first-order valence-electron chi connectivity index (χ1n) is 6.07. The molecule has 0 heterocycles. The summed E-state index contributed by atoms with van der Waals surface area (Å²) in [6.07, 6.45) is 2.63. The highest BCUT2D eigenvalue weighted by molar-refractivity contribution is 7.89. The van der Waals surface area contributed by atoms with E-state index in [1.54, 1.807) is 0 Å². The number of nitrogens with zero attached hydrogens (tertiary/aromatic N) is 2. The number of nitrogens with one attached hydrogen (secondary N) is 1. The number of nitriles is 2. The molecular weight excluding hydrogens is 298 g/mol. The molecule has 1 aromatic carbocycles. The van der Waals surface area contributed by atoms with Crippen LogP contribution in [0.4, 0.5) is 0 Å². The summed E-state index contributed by atoms with van der Waals surface area (Å²) in [6, 6.07) is 7.91. The largest absolute Gasteiger partial charge is 0.243 e. The third kappa shape index (κ3) is 2.78. The second-order valence-corrected chi connectivity index (χ2v) is 6.82. The zero-order valence-electron chi connectivity index (χ0n) is 10.6. The van der Waals surface area contributed by atoms with Gasteiger partial charge in [0.1, 0.15) is 10.4 Å². The highest BCUT2D eigenvalue weighted by atomic mass is 35.5. The molecule has 5 nitrogen and oxygen atoms in total.